The Kier molecular flexibility index (Phi) is 2.50. The summed E-state index contributed by atoms with van der Waals surface area (Å²) in [5.74, 6) is 0. The summed E-state index contributed by atoms with van der Waals surface area (Å²) in [5, 5.41) is 18.7. The quantitative estimate of drug-likeness (QED) is 0.698. The number of hydrogen-bond acceptors (Lipinski definition) is 2. The lowest BCUT2D eigenvalue weighted by Gasteiger charge is -2.20. The topological polar surface area (TPSA) is 45.4 Å². The molecule has 0 saturated heterocycles. The Morgan fingerprint density at radius 2 is 1.82 bits per heavy atom. The Morgan fingerprint density at radius 1 is 1.06 bits per heavy atom. The highest BCUT2D eigenvalue weighted by atomic mass is 16.3. The standard InChI is InChI=1S/C14H15NO2/c16-8-12-7-15-6-11-4-2-1-3-10(11)5-14(15)13(12)9-17/h1-4,7,16-17H,5-6,8-9H2. The second-order valence-electron chi connectivity index (χ2n) is 4.47. The molecule has 0 amide bonds. The van der Waals surface area contributed by atoms with E-state index < -0.39 is 0 Å². The number of fused-ring (bicyclic) bond motifs is 2. The molecule has 88 valence electrons. The molecule has 17 heavy (non-hydrogen) atoms. The van der Waals surface area contributed by atoms with Gasteiger partial charge in [-0.15, -0.1) is 0 Å². The van der Waals surface area contributed by atoms with E-state index in [9.17, 15) is 10.2 Å². The first kappa shape index (κ1) is 10.6. The monoisotopic (exact) mass is 229 g/mol. The van der Waals surface area contributed by atoms with Crippen LogP contribution in [0.2, 0.25) is 0 Å². The molecule has 0 radical (unpaired) electrons. The fraction of sp³-hybridized carbons (Fsp3) is 0.286. The van der Waals surface area contributed by atoms with Gasteiger partial charge in [0.2, 0.25) is 0 Å². The fourth-order valence-electron chi connectivity index (χ4n) is 2.63. The molecule has 1 aliphatic heterocycles. The molecule has 2 aromatic rings. The molecule has 1 aliphatic rings. The largest absolute Gasteiger partial charge is 0.392 e. The molecule has 3 heteroatoms. The number of hydrogen-bond donors (Lipinski definition) is 2. The molecular formula is C14H15NO2. The number of nitrogens with zero attached hydrogens (tertiary/aromatic N) is 1. The van der Waals surface area contributed by atoms with Crippen LogP contribution < -0.4 is 0 Å². The fourth-order valence-corrected chi connectivity index (χ4v) is 2.63. The van der Waals surface area contributed by atoms with Gasteiger partial charge >= 0.3 is 0 Å². The highest BCUT2D eigenvalue weighted by molar-refractivity contribution is 5.41. The lowest BCUT2D eigenvalue weighted by atomic mass is 9.97. The molecule has 0 atom stereocenters. The Morgan fingerprint density at radius 3 is 2.53 bits per heavy atom. The van der Waals surface area contributed by atoms with Crippen molar-refractivity contribution < 1.29 is 10.2 Å². The zero-order chi connectivity index (χ0) is 11.8. The lowest BCUT2D eigenvalue weighted by molar-refractivity contribution is 0.260. The summed E-state index contributed by atoms with van der Waals surface area (Å²) in [7, 11) is 0. The summed E-state index contributed by atoms with van der Waals surface area (Å²) in [6, 6.07) is 8.36. The minimum absolute atomic E-state index is 0.000390. The third-order valence-electron chi connectivity index (χ3n) is 3.54. The van der Waals surface area contributed by atoms with Crippen molar-refractivity contribution in [3.8, 4) is 0 Å². The maximum absolute atomic E-state index is 9.42. The summed E-state index contributed by atoms with van der Waals surface area (Å²) in [6.07, 6.45) is 2.79. The van der Waals surface area contributed by atoms with Crippen molar-refractivity contribution in [1.29, 1.82) is 0 Å². The first-order valence-electron chi connectivity index (χ1n) is 5.81. The van der Waals surface area contributed by atoms with Crippen LogP contribution in [0.3, 0.4) is 0 Å². The number of aliphatic hydroxyl groups is 2. The van der Waals surface area contributed by atoms with Gasteiger partial charge < -0.3 is 14.8 Å². The third kappa shape index (κ3) is 1.59. The Labute approximate surface area is 100.0 Å². The van der Waals surface area contributed by atoms with Crippen LogP contribution in [0.25, 0.3) is 0 Å². The summed E-state index contributed by atoms with van der Waals surface area (Å²) in [4.78, 5) is 0. The van der Waals surface area contributed by atoms with Gasteiger partial charge in [-0.2, -0.15) is 0 Å². The van der Waals surface area contributed by atoms with Crippen LogP contribution in [0, 0.1) is 0 Å². The molecular weight excluding hydrogens is 214 g/mol. The van der Waals surface area contributed by atoms with E-state index in [2.05, 4.69) is 16.7 Å². The maximum atomic E-state index is 9.42. The Hall–Kier alpha value is -1.58. The molecule has 0 fully saturated rings. The average Bonchev–Trinajstić information content (AvgIpc) is 2.72. The number of benzene rings is 1. The summed E-state index contributed by atoms with van der Waals surface area (Å²) in [5.41, 5.74) is 5.51. The predicted molar refractivity (Wildman–Crippen MR) is 64.6 cm³/mol. The van der Waals surface area contributed by atoms with Crippen LogP contribution >= 0.6 is 0 Å². The van der Waals surface area contributed by atoms with Gasteiger partial charge in [-0.3, -0.25) is 0 Å². The zero-order valence-corrected chi connectivity index (χ0v) is 9.56. The van der Waals surface area contributed by atoms with Crippen LogP contribution in [0.4, 0.5) is 0 Å². The first-order chi connectivity index (χ1) is 8.33. The van der Waals surface area contributed by atoms with Crippen LogP contribution in [0.15, 0.2) is 30.5 Å². The van der Waals surface area contributed by atoms with E-state index >= 15 is 0 Å². The van der Waals surface area contributed by atoms with E-state index in [1.165, 1.54) is 11.1 Å². The minimum atomic E-state index is -0.00770. The van der Waals surface area contributed by atoms with Crippen molar-refractivity contribution in [3.63, 3.8) is 0 Å². The normalized spacial score (nSPS) is 13.3. The lowest BCUT2D eigenvalue weighted by Crippen LogP contribution is -2.13. The second kappa shape index (κ2) is 4.02. The van der Waals surface area contributed by atoms with Crippen LogP contribution in [-0.4, -0.2) is 14.8 Å². The molecule has 0 bridgehead atoms. The van der Waals surface area contributed by atoms with Crippen LogP contribution in [-0.2, 0) is 26.2 Å². The van der Waals surface area contributed by atoms with Gasteiger partial charge in [-0.25, -0.2) is 0 Å². The number of aromatic nitrogens is 1. The number of aliphatic hydroxyl groups excluding tert-OH is 2. The molecule has 2 heterocycles. The second-order valence-corrected chi connectivity index (χ2v) is 4.47. The van der Waals surface area contributed by atoms with Crippen molar-refractivity contribution >= 4 is 0 Å². The van der Waals surface area contributed by atoms with Crippen molar-refractivity contribution in [2.24, 2.45) is 0 Å². The van der Waals surface area contributed by atoms with Gasteiger partial charge in [0.25, 0.3) is 0 Å². The minimum Gasteiger partial charge on any atom is -0.392 e. The Bertz CT molecular complexity index is 557. The van der Waals surface area contributed by atoms with Gasteiger partial charge in [-0.05, 0) is 11.1 Å². The van der Waals surface area contributed by atoms with E-state index in [0.29, 0.717) is 0 Å². The van der Waals surface area contributed by atoms with Crippen LogP contribution in [0.5, 0.6) is 0 Å². The van der Waals surface area contributed by atoms with Crippen LogP contribution in [0.1, 0.15) is 27.9 Å². The molecule has 0 spiro atoms. The molecule has 1 aromatic carbocycles. The van der Waals surface area contributed by atoms with Gasteiger partial charge in [0.1, 0.15) is 0 Å². The predicted octanol–water partition coefficient (Wildman–Crippen LogP) is 1.43. The van der Waals surface area contributed by atoms with Crippen molar-refractivity contribution in [2.45, 2.75) is 26.2 Å². The molecule has 0 aliphatic carbocycles. The van der Waals surface area contributed by atoms with E-state index in [0.717, 1.165) is 29.8 Å². The zero-order valence-electron chi connectivity index (χ0n) is 9.56. The van der Waals surface area contributed by atoms with E-state index in [-0.39, 0.29) is 13.2 Å². The van der Waals surface area contributed by atoms with Gasteiger partial charge in [-0.1, -0.05) is 24.3 Å². The SMILES string of the molecule is OCc1cn2c(c1CO)Cc1ccccc1C2. The van der Waals surface area contributed by atoms with E-state index in [1.807, 2.05) is 18.3 Å². The average molecular weight is 229 g/mol. The van der Waals surface area contributed by atoms with Gasteiger partial charge in [0.05, 0.1) is 13.2 Å². The first-order valence-corrected chi connectivity index (χ1v) is 5.81. The third-order valence-corrected chi connectivity index (χ3v) is 3.54. The van der Waals surface area contributed by atoms with Crippen molar-refractivity contribution in [3.05, 3.63) is 58.4 Å². The molecule has 1 aromatic heterocycles. The highest BCUT2D eigenvalue weighted by Gasteiger charge is 2.20. The van der Waals surface area contributed by atoms with Crippen molar-refractivity contribution in [2.75, 3.05) is 0 Å². The molecule has 3 rings (SSSR count). The van der Waals surface area contributed by atoms with E-state index in [1.54, 1.807) is 0 Å². The van der Waals surface area contributed by atoms with Gasteiger partial charge in [0.15, 0.2) is 0 Å². The molecule has 0 unspecified atom stereocenters. The van der Waals surface area contributed by atoms with Crippen molar-refractivity contribution in [1.82, 2.24) is 4.57 Å². The molecule has 2 N–H and O–H groups in total. The smallest absolute Gasteiger partial charge is 0.0703 e. The molecule has 0 saturated carbocycles. The molecule has 3 nitrogen and oxygen atoms in total. The summed E-state index contributed by atoms with van der Waals surface area (Å²) < 4.78 is 2.14. The summed E-state index contributed by atoms with van der Waals surface area (Å²) in [6.45, 7) is 0.825. The number of rotatable bonds is 2. The Balaban J connectivity index is 2.10. The maximum Gasteiger partial charge on any atom is 0.0703 e. The summed E-state index contributed by atoms with van der Waals surface area (Å²) >= 11 is 0. The highest BCUT2D eigenvalue weighted by Crippen LogP contribution is 2.28. The van der Waals surface area contributed by atoms with Gasteiger partial charge in [0, 0.05) is 36.0 Å². The van der Waals surface area contributed by atoms with E-state index in [4.69, 9.17) is 0 Å².